The number of methoxy groups -OCH3 is 1. The molecular formula is C16H24F3NO. The summed E-state index contributed by atoms with van der Waals surface area (Å²) in [5, 5.41) is 3.28. The van der Waals surface area contributed by atoms with Crippen LogP contribution in [0.1, 0.15) is 50.8 Å². The van der Waals surface area contributed by atoms with Gasteiger partial charge in [0.1, 0.15) is 0 Å². The second kappa shape index (κ2) is 7.27. The molecule has 0 amide bonds. The summed E-state index contributed by atoms with van der Waals surface area (Å²) in [6.45, 7) is 6.58. The smallest absolute Gasteiger partial charge is 0.376 e. The zero-order chi connectivity index (χ0) is 16.1. The van der Waals surface area contributed by atoms with E-state index in [-0.39, 0.29) is 6.04 Å². The van der Waals surface area contributed by atoms with Crippen LogP contribution in [0.4, 0.5) is 13.2 Å². The molecule has 0 saturated carbocycles. The minimum Gasteiger partial charge on any atom is -0.376 e. The van der Waals surface area contributed by atoms with Gasteiger partial charge in [-0.1, -0.05) is 32.9 Å². The van der Waals surface area contributed by atoms with Crippen LogP contribution in [0.3, 0.4) is 0 Å². The van der Waals surface area contributed by atoms with Crippen molar-refractivity contribution in [2.24, 2.45) is 0 Å². The molecule has 0 fully saturated rings. The van der Waals surface area contributed by atoms with E-state index < -0.39 is 17.3 Å². The third-order valence-electron chi connectivity index (χ3n) is 4.09. The fourth-order valence-corrected chi connectivity index (χ4v) is 2.77. The van der Waals surface area contributed by atoms with Crippen molar-refractivity contribution in [3.63, 3.8) is 0 Å². The van der Waals surface area contributed by atoms with Crippen LogP contribution >= 0.6 is 0 Å². The Labute approximate surface area is 124 Å². The predicted molar refractivity (Wildman–Crippen MR) is 78.2 cm³/mol. The molecule has 0 aliphatic heterocycles. The Morgan fingerprint density at radius 1 is 1.14 bits per heavy atom. The van der Waals surface area contributed by atoms with Crippen LogP contribution in [0, 0.1) is 0 Å². The summed E-state index contributed by atoms with van der Waals surface area (Å²) in [6.07, 6.45) is -2.90. The summed E-state index contributed by atoms with van der Waals surface area (Å²) >= 11 is 0. The molecule has 1 unspecified atom stereocenters. The number of benzene rings is 1. The minimum absolute atomic E-state index is 0.273. The fourth-order valence-electron chi connectivity index (χ4n) is 2.77. The number of hydrogen-bond donors (Lipinski definition) is 1. The normalized spacial score (nSPS) is 14.2. The number of likely N-dealkylation sites (N-methyl/N-ethyl adjacent to an activating group) is 1. The van der Waals surface area contributed by atoms with Crippen molar-refractivity contribution in [2.75, 3.05) is 13.7 Å². The van der Waals surface area contributed by atoms with E-state index in [0.717, 1.165) is 6.07 Å². The molecule has 1 N–H and O–H groups in total. The van der Waals surface area contributed by atoms with E-state index in [1.54, 1.807) is 13.2 Å². The Balaban J connectivity index is 3.28. The molecule has 0 aromatic heterocycles. The van der Waals surface area contributed by atoms with Crippen LogP contribution in [-0.4, -0.2) is 19.3 Å². The molecule has 120 valence electrons. The van der Waals surface area contributed by atoms with Crippen molar-refractivity contribution in [1.82, 2.24) is 5.32 Å². The maximum absolute atomic E-state index is 12.9. The number of nitrogens with one attached hydrogen (secondary N) is 1. The molecule has 0 spiro atoms. The summed E-state index contributed by atoms with van der Waals surface area (Å²) < 4.78 is 44.4. The third kappa shape index (κ3) is 3.98. The highest BCUT2D eigenvalue weighted by Crippen LogP contribution is 2.37. The number of alkyl halides is 3. The largest absolute Gasteiger partial charge is 0.416 e. The average molecular weight is 303 g/mol. The molecule has 1 rings (SSSR count). The molecule has 2 nitrogen and oxygen atoms in total. The highest BCUT2D eigenvalue weighted by Gasteiger charge is 2.38. The molecule has 1 aromatic carbocycles. The standard InChI is InChI=1S/C16H24F3NO/c1-5-15(6-2,21-4)14(20-7-3)12-9-8-10-13(11-12)16(17,18)19/h8-11,14,20H,5-7H2,1-4H3. The fraction of sp³-hybridized carbons (Fsp3) is 0.625. The zero-order valence-electron chi connectivity index (χ0n) is 13.1. The van der Waals surface area contributed by atoms with E-state index >= 15 is 0 Å². The molecule has 1 atom stereocenters. The molecule has 0 radical (unpaired) electrons. The Morgan fingerprint density at radius 3 is 2.19 bits per heavy atom. The summed E-state index contributed by atoms with van der Waals surface area (Å²) in [6, 6.07) is 5.21. The molecular weight excluding hydrogens is 279 g/mol. The number of halogens is 3. The molecule has 5 heteroatoms. The van der Waals surface area contributed by atoms with Crippen LogP contribution < -0.4 is 5.32 Å². The molecule has 0 heterocycles. The SMILES string of the molecule is CCNC(c1cccc(C(F)(F)F)c1)C(CC)(CC)OC. The van der Waals surface area contributed by atoms with Crippen molar-refractivity contribution >= 4 is 0 Å². The Morgan fingerprint density at radius 2 is 1.76 bits per heavy atom. The first-order valence-corrected chi connectivity index (χ1v) is 7.30. The van der Waals surface area contributed by atoms with Gasteiger partial charge in [-0.05, 0) is 37.1 Å². The lowest BCUT2D eigenvalue weighted by molar-refractivity contribution is -0.137. The topological polar surface area (TPSA) is 21.3 Å². The lowest BCUT2D eigenvalue weighted by Crippen LogP contribution is -2.45. The maximum Gasteiger partial charge on any atom is 0.416 e. The number of ether oxygens (including phenoxy) is 1. The van der Waals surface area contributed by atoms with Gasteiger partial charge in [-0.3, -0.25) is 0 Å². The summed E-state index contributed by atoms with van der Waals surface area (Å²) in [5.74, 6) is 0. The molecule has 0 aliphatic rings. The summed E-state index contributed by atoms with van der Waals surface area (Å²) in [4.78, 5) is 0. The van der Waals surface area contributed by atoms with Crippen molar-refractivity contribution in [3.05, 3.63) is 35.4 Å². The Hall–Kier alpha value is -1.07. The van der Waals surface area contributed by atoms with E-state index in [0.29, 0.717) is 24.9 Å². The van der Waals surface area contributed by atoms with Crippen molar-refractivity contribution in [1.29, 1.82) is 0 Å². The monoisotopic (exact) mass is 303 g/mol. The van der Waals surface area contributed by atoms with Gasteiger partial charge < -0.3 is 10.1 Å². The van der Waals surface area contributed by atoms with Gasteiger partial charge in [0.15, 0.2) is 0 Å². The lowest BCUT2D eigenvalue weighted by atomic mass is 9.83. The van der Waals surface area contributed by atoms with Crippen molar-refractivity contribution in [2.45, 2.75) is 51.4 Å². The number of hydrogen-bond acceptors (Lipinski definition) is 2. The second-order valence-corrected chi connectivity index (χ2v) is 5.09. The van der Waals surface area contributed by atoms with Gasteiger partial charge in [-0.2, -0.15) is 13.2 Å². The van der Waals surface area contributed by atoms with Crippen LogP contribution in [0.25, 0.3) is 0 Å². The van der Waals surface area contributed by atoms with Crippen molar-refractivity contribution < 1.29 is 17.9 Å². The van der Waals surface area contributed by atoms with E-state index in [9.17, 15) is 13.2 Å². The molecule has 21 heavy (non-hydrogen) atoms. The van der Waals surface area contributed by atoms with Crippen LogP contribution in [0.15, 0.2) is 24.3 Å². The average Bonchev–Trinajstić information content (AvgIpc) is 2.47. The Bertz CT molecular complexity index is 433. The van der Waals surface area contributed by atoms with Gasteiger partial charge >= 0.3 is 6.18 Å². The number of rotatable bonds is 7. The minimum atomic E-state index is -4.33. The quantitative estimate of drug-likeness (QED) is 0.797. The van der Waals surface area contributed by atoms with E-state index in [2.05, 4.69) is 5.32 Å². The maximum atomic E-state index is 12.9. The van der Waals surface area contributed by atoms with Crippen molar-refractivity contribution in [3.8, 4) is 0 Å². The predicted octanol–water partition coefficient (Wildman–Crippen LogP) is 4.56. The molecule has 0 saturated heterocycles. The Kier molecular flexibility index (Phi) is 6.23. The van der Waals surface area contributed by atoms with E-state index in [1.807, 2.05) is 20.8 Å². The highest BCUT2D eigenvalue weighted by molar-refractivity contribution is 5.30. The van der Waals surface area contributed by atoms with E-state index in [1.165, 1.54) is 12.1 Å². The van der Waals surface area contributed by atoms with E-state index in [4.69, 9.17) is 4.74 Å². The van der Waals surface area contributed by atoms with Crippen LogP contribution in [0.5, 0.6) is 0 Å². The molecule has 0 aliphatic carbocycles. The third-order valence-corrected chi connectivity index (χ3v) is 4.09. The van der Waals surface area contributed by atoms with Crippen LogP contribution in [-0.2, 0) is 10.9 Å². The van der Waals surface area contributed by atoms with Gasteiger partial charge in [-0.25, -0.2) is 0 Å². The van der Waals surface area contributed by atoms with Crippen LogP contribution in [0.2, 0.25) is 0 Å². The second-order valence-electron chi connectivity index (χ2n) is 5.09. The lowest BCUT2D eigenvalue weighted by Gasteiger charge is -2.39. The molecule has 1 aromatic rings. The zero-order valence-corrected chi connectivity index (χ0v) is 13.1. The summed E-state index contributed by atoms with van der Waals surface area (Å²) in [5.41, 5.74) is -0.530. The summed E-state index contributed by atoms with van der Waals surface area (Å²) in [7, 11) is 1.62. The first kappa shape index (κ1) is 18.0. The first-order chi connectivity index (χ1) is 9.84. The van der Waals surface area contributed by atoms with Gasteiger partial charge in [0, 0.05) is 7.11 Å². The highest BCUT2D eigenvalue weighted by atomic mass is 19.4. The van der Waals surface area contributed by atoms with Gasteiger partial charge in [-0.15, -0.1) is 0 Å². The van der Waals surface area contributed by atoms with Gasteiger partial charge in [0.2, 0.25) is 0 Å². The van der Waals surface area contributed by atoms with Gasteiger partial charge in [0.05, 0.1) is 17.2 Å². The first-order valence-electron chi connectivity index (χ1n) is 7.30. The molecule has 0 bridgehead atoms. The van der Waals surface area contributed by atoms with Gasteiger partial charge in [0.25, 0.3) is 0 Å².